The van der Waals surface area contributed by atoms with E-state index in [9.17, 15) is 0 Å². The number of halogens is 2. The predicted molar refractivity (Wildman–Crippen MR) is 64.4 cm³/mol. The van der Waals surface area contributed by atoms with Gasteiger partial charge in [0.25, 0.3) is 0 Å². The molecule has 82 valence electrons. The maximum absolute atomic E-state index is 6.14. The van der Waals surface area contributed by atoms with Gasteiger partial charge in [-0.05, 0) is 18.6 Å². The molecule has 0 spiro atoms. The van der Waals surface area contributed by atoms with E-state index in [1.165, 1.54) is 0 Å². The summed E-state index contributed by atoms with van der Waals surface area (Å²) in [5.74, 6) is 1.53. The molecule has 1 unspecified atom stereocenters. The first kappa shape index (κ1) is 11.1. The van der Waals surface area contributed by atoms with Gasteiger partial charge in [0.15, 0.2) is 11.5 Å². The van der Waals surface area contributed by atoms with Crippen LogP contribution in [0.5, 0.6) is 11.5 Å². The van der Waals surface area contributed by atoms with Gasteiger partial charge in [0.05, 0.1) is 13.2 Å². The van der Waals surface area contributed by atoms with Crippen LogP contribution in [0.15, 0.2) is 12.1 Å². The minimum absolute atomic E-state index is 0.210. The third kappa shape index (κ3) is 2.40. The van der Waals surface area contributed by atoms with Crippen molar-refractivity contribution < 1.29 is 9.47 Å². The Balaban J connectivity index is 2.42. The Morgan fingerprint density at radius 1 is 1.27 bits per heavy atom. The lowest BCUT2D eigenvalue weighted by Crippen LogP contribution is -1.97. The molecule has 1 heterocycles. The first-order chi connectivity index (χ1) is 7.18. The smallest absolute Gasteiger partial charge is 0.162 e. The molecule has 1 aliphatic rings. The van der Waals surface area contributed by atoms with Crippen LogP contribution < -0.4 is 9.47 Å². The van der Waals surface area contributed by atoms with Crippen molar-refractivity contribution in [3.8, 4) is 11.5 Å². The molecule has 1 aromatic carbocycles. The van der Waals surface area contributed by atoms with Gasteiger partial charge < -0.3 is 9.47 Å². The lowest BCUT2D eigenvalue weighted by Gasteiger charge is -2.12. The van der Waals surface area contributed by atoms with Crippen LogP contribution in [0.3, 0.4) is 0 Å². The third-order valence-electron chi connectivity index (χ3n) is 2.30. The van der Waals surface area contributed by atoms with Crippen LogP contribution in [0.4, 0.5) is 0 Å². The minimum Gasteiger partial charge on any atom is -0.490 e. The quantitative estimate of drug-likeness (QED) is 0.729. The van der Waals surface area contributed by atoms with Crippen LogP contribution in [-0.2, 0) is 0 Å². The number of benzene rings is 1. The van der Waals surface area contributed by atoms with E-state index in [1.807, 2.05) is 19.1 Å². The van der Waals surface area contributed by atoms with Gasteiger partial charge in [-0.1, -0.05) is 27.5 Å². The summed E-state index contributed by atoms with van der Waals surface area (Å²) in [5, 5.41) is 0.712. The molecule has 15 heavy (non-hydrogen) atoms. The van der Waals surface area contributed by atoms with E-state index in [0.29, 0.717) is 18.2 Å². The van der Waals surface area contributed by atoms with E-state index in [0.717, 1.165) is 23.5 Å². The van der Waals surface area contributed by atoms with Crippen molar-refractivity contribution in [1.82, 2.24) is 0 Å². The van der Waals surface area contributed by atoms with E-state index >= 15 is 0 Å². The van der Waals surface area contributed by atoms with Crippen molar-refractivity contribution in [2.24, 2.45) is 0 Å². The van der Waals surface area contributed by atoms with Gasteiger partial charge in [-0.15, -0.1) is 0 Å². The molecule has 0 amide bonds. The van der Waals surface area contributed by atoms with E-state index in [1.54, 1.807) is 0 Å². The topological polar surface area (TPSA) is 18.5 Å². The first-order valence-corrected chi connectivity index (χ1v) is 6.21. The number of alkyl halides is 1. The summed E-state index contributed by atoms with van der Waals surface area (Å²) in [5.41, 5.74) is 1.03. The van der Waals surface area contributed by atoms with Crippen LogP contribution in [0.1, 0.15) is 23.7 Å². The van der Waals surface area contributed by atoms with Crippen LogP contribution in [0, 0.1) is 0 Å². The monoisotopic (exact) mass is 290 g/mol. The largest absolute Gasteiger partial charge is 0.490 e. The predicted octanol–water partition coefficient (Wildman–Crippen LogP) is 3.96. The highest BCUT2D eigenvalue weighted by molar-refractivity contribution is 9.09. The molecule has 0 radical (unpaired) electrons. The van der Waals surface area contributed by atoms with Crippen LogP contribution in [-0.4, -0.2) is 13.2 Å². The molecular formula is C11H12BrClO2. The normalized spacial score (nSPS) is 17.0. The summed E-state index contributed by atoms with van der Waals surface area (Å²) in [6.45, 7) is 3.42. The molecular weight excluding hydrogens is 279 g/mol. The van der Waals surface area contributed by atoms with Crippen LogP contribution >= 0.6 is 27.5 Å². The van der Waals surface area contributed by atoms with E-state index < -0.39 is 0 Å². The van der Waals surface area contributed by atoms with Gasteiger partial charge in [0, 0.05) is 22.3 Å². The first-order valence-electron chi connectivity index (χ1n) is 4.91. The number of hydrogen-bond donors (Lipinski definition) is 0. The van der Waals surface area contributed by atoms with Gasteiger partial charge in [-0.25, -0.2) is 0 Å². The Labute approximate surface area is 103 Å². The van der Waals surface area contributed by atoms with Crippen molar-refractivity contribution in [3.05, 3.63) is 22.7 Å². The zero-order chi connectivity index (χ0) is 10.8. The molecule has 0 bridgehead atoms. The fourth-order valence-electron chi connectivity index (χ4n) is 1.50. The summed E-state index contributed by atoms with van der Waals surface area (Å²) in [4.78, 5) is 0.210. The van der Waals surface area contributed by atoms with Crippen LogP contribution in [0.2, 0.25) is 5.02 Å². The highest BCUT2D eigenvalue weighted by atomic mass is 79.9. The highest BCUT2D eigenvalue weighted by Gasteiger charge is 2.15. The van der Waals surface area contributed by atoms with Crippen molar-refractivity contribution in [1.29, 1.82) is 0 Å². The van der Waals surface area contributed by atoms with E-state index in [4.69, 9.17) is 21.1 Å². The Bertz CT molecular complexity index is 366. The molecule has 2 rings (SSSR count). The standard InChI is InChI=1S/C11H12BrClO2/c1-7(12)8-5-10-11(6-9(8)13)15-4-2-3-14-10/h5-7H,2-4H2,1H3. The average Bonchev–Trinajstić information content (AvgIpc) is 2.40. The van der Waals surface area contributed by atoms with Gasteiger partial charge in [-0.3, -0.25) is 0 Å². The maximum Gasteiger partial charge on any atom is 0.162 e. The second-order valence-electron chi connectivity index (χ2n) is 3.49. The summed E-state index contributed by atoms with van der Waals surface area (Å²) in [6.07, 6.45) is 0.908. The Morgan fingerprint density at radius 2 is 1.87 bits per heavy atom. The molecule has 1 aromatic rings. The zero-order valence-electron chi connectivity index (χ0n) is 8.43. The number of fused-ring (bicyclic) bond motifs is 1. The van der Waals surface area contributed by atoms with Crippen molar-refractivity contribution in [2.75, 3.05) is 13.2 Å². The molecule has 0 saturated heterocycles. The number of hydrogen-bond acceptors (Lipinski definition) is 2. The molecule has 1 atom stereocenters. The second-order valence-corrected chi connectivity index (χ2v) is 5.27. The van der Waals surface area contributed by atoms with E-state index in [-0.39, 0.29) is 4.83 Å². The molecule has 0 aromatic heterocycles. The van der Waals surface area contributed by atoms with Crippen molar-refractivity contribution in [3.63, 3.8) is 0 Å². The maximum atomic E-state index is 6.14. The Hall–Kier alpha value is -0.410. The molecule has 2 nitrogen and oxygen atoms in total. The summed E-state index contributed by atoms with van der Waals surface area (Å²) in [6, 6.07) is 3.78. The van der Waals surface area contributed by atoms with Crippen molar-refractivity contribution >= 4 is 27.5 Å². The fourth-order valence-corrected chi connectivity index (χ4v) is 2.33. The van der Waals surface area contributed by atoms with Crippen molar-refractivity contribution in [2.45, 2.75) is 18.2 Å². The van der Waals surface area contributed by atoms with Gasteiger partial charge in [0.2, 0.25) is 0 Å². The molecule has 0 saturated carbocycles. The highest BCUT2D eigenvalue weighted by Crippen LogP contribution is 2.39. The zero-order valence-corrected chi connectivity index (χ0v) is 10.8. The lowest BCUT2D eigenvalue weighted by molar-refractivity contribution is 0.297. The summed E-state index contributed by atoms with van der Waals surface area (Å²) < 4.78 is 11.1. The molecule has 1 aliphatic heterocycles. The molecule has 0 N–H and O–H groups in total. The number of ether oxygens (including phenoxy) is 2. The molecule has 0 aliphatic carbocycles. The van der Waals surface area contributed by atoms with Crippen LogP contribution in [0.25, 0.3) is 0 Å². The molecule has 0 fully saturated rings. The third-order valence-corrected chi connectivity index (χ3v) is 3.12. The van der Waals surface area contributed by atoms with Gasteiger partial charge >= 0.3 is 0 Å². The minimum atomic E-state index is 0.210. The SMILES string of the molecule is CC(Br)c1cc2c(cc1Cl)OCCCO2. The fraction of sp³-hybridized carbons (Fsp3) is 0.455. The van der Waals surface area contributed by atoms with Gasteiger partial charge in [-0.2, -0.15) is 0 Å². The Kier molecular flexibility index (Phi) is 3.42. The Morgan fingerprint density at radius 3 is 2.47 bits per heavy atom. The number of rotatable bonds is 1. The average molecular weight is 292 g/mol. The van der Waals surface area contributed by atoms with Gasteiger partial charge in [0.1, 0.15) is 0 Å². The lowest BCUT2D eigenvalue weighted by atomic mass is 10.1. The van der Waals surface area contributed by atoms with E-state index in [2.05, 4.69) is 15.9 Å². The summed E-state index contributed by atoms with van der Waals surface area (Å²) >= 11 is 9.64. The summed E-state index contributed by atoms with van der Waals surface area (Å²) in [7, 11) is 0. The second kappa shape index (κ2) is 4.62. The molecule has 4 heteroatoms.